The van der Waals surface area contributed by atoms with E-state index in [1.807, 2.05) is 4.90 Å². The van der Waals surface area contributed by atoms with Crippen LogP contribution in [0.5, 0.6) is 0 Å². The van der Waals surface area contributed by atoms with E-state index in [1.165, 1.54) is 13.1 Å². The predicted octanol–water partition coefficient (Wildman–Crippen LogP) is 0.906. The van der Waals surface area contributed by atoms with Crippen LogP contribution in [0.1, 0.15) is 24.8 Å². The SMILES string of the molecule is CN.CNc1cc(N2CCC(=O)CC2)c(F)cc1C(N)=NCCC=O. The van der Waals surface area contributed by atoms with Crippen molar-refractivity contribution in [3.8, 4) is 0 Å². The average Bonchev–Trinajstić information content (AvgIpc) is 2.64. The van der Waals surface area contributed by atoms with E-state index in [-0.39, 0.29) is 24.6 Å². The third-order valence-corrected chi connectivity index (χ3v) is 3.82. The number of nitrogens with two attached hydrogens (primary N) is 2. The van der Waals surface area contributed by atoms with Gasteiger partial charge < -0.3 is 26.5 Å². The van der Waals surface area contributed by atoms with E-state index < -0.39 is 5.82 Å². The number of hydrogen-bond acceptors (Lipinski definition) is 6. The number of Topliss-reactive ketones (excluding diaryl/α,β-unsaturated/α-hetero) is 1. The quantitative estimate of drug-likeness (QED) is 0.304. The van der Waals surface area contributed by atoms with Gasteiger partial charge in [0.1, 0.15) is 23.7 Å². The minimum atomic E-state index is -0.401. The van der Waals surface area contributed by atoms with Crippen molar-refractivity contribution < 1.29 is 14.0 Å². The largest absolute Gasteiger partial charge is 0.387 e. The van der Waals surface area contributed by atoms with Crippen molar-refractivity contribution in [2.24, 2.45) is 16.5 Å². The number of carbonyl (C=O) groups excluding carboxylic acids is 2. The van der Waals surface area contributed by atoms with Gasteiger partial charge in [0.15, 0.2) is 0 Å². The highest BCUT2D eigenvalue weighted by atomic mass is 19.1. The first-order valence-electron chi connectivity index (χ1n) is 8.16. The van der Waals surface area contributed by atoms with E-state index in [2.05, 4.69) is 16.0 Å². The zero-order chi connectivity index (χ0) is 18.8. The van der Waals surface area contributed by atoms with Crippen LogP contribution in [0.25, 0.3) is 0 Å². The van der Waals surface area contributed by atoms with Crippen LogP contribution in [0.2, 0.25) is 0 Å². The molecule has 1 aromatic carbocycles. The lowest BCUT2D eigenvalue weighted by molar-refractivity contribution is -0.119. The summed E-state index contributed by atoms with van der Waals surface area (Å²) in [5.74, 6) is -0.00367. The molecule has 0 unspecified atom stereocenters. The molecule has 138 valence electrons. The highest BCUT2D eigenvalue weighted by molar-refractivity contribution is 6.03. The molecule has 7 nitrogen and oxygen atoms in total. The van der Waals surface area contributed by atoms with Gasteiger partial charge in [0.05, 0.1) is 5.69 Å². The van der Waals surface area contributed by atoms with E-state index in [4.69, 9.17) is 5.73 Å². The number of hydrogen-bond donors (Lipinski definition) is 3. The molecule has 0 amide bonds. The molecule has 0 bridgehead atoms. The fourth-order valence-corrected chi connectivity index (χ4v) is 2.54. The molecule has 1 aliphatic rings. The summed E-state index contributed by atoms with van der Waals surface area (Å²) in [5.41, 5.74) is 12.0. The lowest BCUT2D eigenvalue weighted by Gasteiger charge is -2.29. The Balaban J connectivity index is 0.00000151. The van der Waals surface area contributed by atoms with E-state index >= 15 is 0 Å². The number of anilines is 2. The number of benzene rings is 1. The Kier molecular flexibility index (Phi) is 8.55. The van der Waals surface area contributed by atoms with Gasteiger partial charge in [-0.15, -0.1) is 0 Å². The molecule has 1 fully saturated rings. The Morgan fingerprint density at radius 3 is 2.56 bits per heavy atom. The molecule has 0 spiro atoms. The number of rotatable bonds is 6. The molecule has 25 heavy (non-hydrogen) atoms. The van der Waals surface area contributed by atoms with Crippen molar-refractivity contribution in [3.63, 3.8) is 0 Å². The molecule has 0 aromatic heterocycles. The van der Waals surface area contributed by atoms with Crippen molar-refractivity contribution in [1.82, 2.24) is 0 Å². The molecular weight excluding hydrogens is 325 g/mol. The van der Waals surface area contributed by atoms with Crippen LogP contribution in [0.15, 0.2) is 17.1 Å². The number of aldehydes is 1. The van der Waals surface area contributed by atoms with Gasteiger partial charge in [-0.05, 0) is 19.2 Å². The van der Waals surface area contributed by atoms with Crippen molar-refractivity contribution in [2.45, 2.75) is 19.3 Å². The van der Waals surface area contributed by atoms with Gasteiger partial charge in [0.2, 0.25) is 0 Å². The highest BCUT2D eigenvalue weighted by Gasteiger charge is 2.21. The zero-order valence-electron chi connectivity index (χ0n) is 14.7. The molecule has 5 N–H and O–H groups in total. The molecule has 2 rings (SSSR count). The Hall–Kier alpha value is -2.48. The molecule has 0 saturated carbocycles. The van der Waals surface area contributed by atoms with Gasteiger partial charge in [0.25, 0.3) is 0 Å². The van der Waals surface area contributed by atoms with Gasteiger partial charge in [-0.3, -0.25) is 9.79 Å². The maximum Gasteiger partial charge on any atom is 0.147 e. The summed E-state index contributed by atoms with van der Waals surface area (Å²) in [6, 6.07) is 3.03. The minimum absolute atomic E-state index is 0.190. The van der Waals surface area contributed by atoms with Crippen LogP contribution in [-0.4, -0.2) is 51.6 Å². The topological polar surface area (TPSA) is 114 Å². The summed E-state index contributed by atoms with van der Waals surface area (Å²) in [4.78, 5) is 27.6. The Labute approximate surface area is 147 Å². The number of halogens is 1. The molecule has 0 aliphatic carbocycles. The van der Waals surface area contributed by atoms with Crippen molar-refractivity contribution in [3.05, 3.63) is 23.5 Å². The summed E-state index contributed by atoms with van der Waals surface area (Å²) in [7, 11) is 3.22. The Bertz CT molecular complexity index is 624. The van der Waals surface area contributed by atoms with Crippen LogP contribution < -0.4 is 21.7 Å². The lowest BCUT2D eigenvalue weighted by atomic mass is 10.1. The molecule has 1 saturated heterocycles. The van der Waals surface area contributed by atoms with E-state index in [1.54, 1.807) is 13.1 Å². The van der Waals surface area contributed by atoms with Crippen LogP contribution in [0.4, 0.5) is 15.8 Å². The van der Waals surface area contributed by atoms with Crippen molar-refractivity contribution >= 4 is 29.3 Å². The molecule has 1 aromatic rings. The third kappa shape index (κ3) is 5.53. The third-order valence-electron chi connectivity index (χ3n) is 3.82. The van der Waals surface area contributed by atoms with Crippen molar-refractivity contribution in [1.29, 1.82) is 0 Å². The zero-order valence-corrected chi connectivity index (χ0v) is 14.7. The van der Waals surface area contributed by atoms with Crippen molar-refractivity contribution in [2.75, 3.05) is 43.9 Å². The summed E-state index contributed by atoms with van der Waals surface area (Å²) in [6.07, 6.45) is 1.91. The number of amidine groups is 1. The smallest absolute Gasteiger partial charge is 0.147 e. The van der Waals surface area contributed by atoms with Gasteiger partial charge >= 0.3 is 0 Å². The van der Waals surface area contributed by atoms with Gasteiger partial charge in [0, 0.05) is 57.2 Å². The second-order valence-corrected chi connectivity index (χ2v) is 5.35. The van der Waals surface area contributed by atoms with E-state index in [9.17, 15) is 14.0 Å². The number of aliphatic imine (C=N–C) groups is 1. The summed E-state index contributed by atoms with van der Waals surface area (Å²) < 4.78 is 14.5. The minimum Gasteiger partial charge on any atom is -0.387 e. The Morgan fingerprint density at radius 1 is 1.36 bits per heavy atom. The summed E-state index contributed by atoms with van der Waals surface area (Å²) in [5, 5.41) is 2.99. The maximum absolute atomic E-state index is 14.5. The fraction of sp³-hybridized carbons (Fsp3) is 0.471. The van der Waals surface area contributed by atoms with Gasteiger partial charge in [-0.1, -0.05) is 0 Å². The van der Waals surface area contributed by atoms with Crippen LogP contribution >= 0.6 is 0 Å². The number of piperidine rings is 1. The second-order valence-electron chi connectivity index (χ2n) is 5.35. The van der Waals surface area contributed by atoms with Gasteiger partial charge in [-0.25, -0.2) is 4.39 Å². The monoisotopic (exact) mass is 351 g/mol. The second kappa shape index (κ2) is 10.4. The number of ketones is 1. The number of carbonyl (C=O) groups is 2. The number of nitrogens with one attached hydrogen (secondary N) is 1. The van der Waals surface area contributed by atoms with E-state index in [0.717, 1.165) is 6.29 Å². The van der Waals surface area contributed by atoms with Crippen LogP contribution in [0.3, 0.4) is 0 Å². The normalized spacial score (nSPS) is 14.6. The Morgan fingerprint density at radius 2 is 2.00 bits per heavy atom. The highest BCUT2D eigenvalue weighted by Crippen LogP contribution is 2.29. The molecule has 0 atom stereocenters. The summed E-state index contributed by atoms with van der Waals surface area (Å²) in [6.45, 7) is 1.30. The fourth-order valence-electron chi connectivity index (χ4n) is 2.54. The van der Waals surface area contributed by atoms with Crippen LogP contribution in [-0.2, 0) is 9.59 Å². The lowest BCUT2D eigenvalue weighted by Crippen LogP contribution is -2.34. The van der Waals surface area contributed by atoms with E-state index in [0.29, 0.717) is 42.9 Å². The summed E-state index contributed by atoms with van der Waals surface area (Å²) >= 11 is 0. The molecule has 1 aliphatic heterocycles. The first kappa shape index (κ1) is 20.6. The average molecular weight is 351 g/mol. The maximum atomic E-state index is 14.5. The van der Waals surface area contributed by atoms with Gasteiger partial charge in [-0.2, -0.15) is 0 Å². The van der Waals surface area contributed by atoms with Crippen LogP contribution in [0, 0.1) is 5.82 Å². The first-order valence-corrected chi connectivity index (χ1v) is 8.16. The standard InChI is InChI=1S/C16H21FN4O2.CH5N/c1-19-14-10-15(21-6-3-11(23)4-7-21)13(17)9-12(14)16(18)20-5-2-8-22;1-2/h8-10,19H,2-7H2,1H3,(H2,18,20);2H2,1H3. The molecule has 1 heterocycles. The first-order chi connectivity index (χ1) is 12.1. The number of nitrogens with zero attached hydrogens (tertiary/aromatic N) is 2. The molecular formula is C17H26FN5O2. The predicted molar refractivity (Wildman–Crippen MR) is 98.8 cm³/mol. The molecule has 8 heteroatoms. The molecule has 0 radical (unpaired) electrons.